The number of ether oxygens (including phenoxy) is 3. The van der Waals surface area contributed by atoms with Gasteiger partial charge in [0, 0.05) is 30.3 Å². The molecule has 1 saturated heterocycles. The number of hydrogen-bond donors (Lipinski definition) is 3. The summed E-state index contributed by atoms with van der Waals surface area (Å²) < 4.78 is 23.1. The number of carbonyl (C=O) groups excluding carboxylic acids is 4. The molecular formula is C35H44N4O8S2. The predicted octanol–water partition coefficient (Wildman–Crippen LogP) is 5.17. The zero-order valence-electron chi connectivity index (χ0n) is 28.5. The number of nitrogens with two attached hydrogens (primary N) is 1. The quantitative estimate of drug-likeness (QED) is 0.144. The van der Waals surface area contributed by atoms with Crippen LogP contribution in [0, 0.1) is 11.8 Å². The number of methoxy groups -OCH3 is 2. The number of hydrogen-bond acceptors (Lipinski definition) is 10. The largest absolute Gasteiger partial charge is 0.497 e. The number of furan rings is 1. The van der Waals surface area contributed by atoms with Crippen LogP contribution in [0.15, 0.2) is 33.6 Å². The molecule has 49 heavy (non-hydrogen) atoms. The number of benzene rings is 1. The van der Waals surface area contributed by atoms with E-state index in [2.05, 4.69) is 10.6 Å². The molecule has 2 aromatic rings. The summed E-state index contributed by atoms with van der Waals surface area (Å²) in [6.45, 7) is 5.30. The molecule has 1 aromatic carbocycles. The lowest BCUT2D eigenvalue weighted by Gasteiger charge is -2.30. The number of fused-ring (bicyclic) bond motifs is 2. The topological polar surface area (TPSA) is 162 Å². The van der Waals surface area contributed by atoms with Crippen LogP contribution in [-0.2, 0) is 25.5 Å². The first-order chi connectivity index (χ1) is 23.2. The van der Waals surface area contributed by atoms with Crippen LogP contribution in [-0.4, -0.2) is 71.5 Å². The SMILES string of the molecule is COc1cc(OC)cc(-c2cc(CCCNC(=O)[C@H](CC(N)=O)NC(=O)OC(C)(C)C)c(/C=C3\SC(=S)N(C4CC5CCC4C5)C3=O)o2)c1. The van der Waals surface area contributed by atoms with E-state index in [1.165, 1.54) is 18.2 Å². The Morgan fingerprint density at radius 2 is 1.84 bits per heavy atom. The molecule has 4 amide bonds. The molecule has 4 N–H and O–H groups in total. The van der Waals surface area contributed by atoms with E-state index in [9.17, 15) is 19.2 Å². The first-order valence-corrected chi connectivity index (χ1v) is 17.7. The highest BCUT2D eigenvalue weighted by atomic mass is 32.2. The zero-order chi connectivity index (χ0) is 35.5. The summed E-state index contributed by atoms with van der Waals surface area (Å²) in [5.41, 5.74) is 6.09. The number of nitrogens with one attached hydrogen (secondary N) is 2. The Morgan fingerprint density at radius 1 is 1.12 bits per heavy atom. The van der Waals surface area contributed by atoms with E-state index < -0.39 is 29.6 Å². The van der Waals surface area contributed by atoms with E-state index in [0.717, 1.165) is 30.4 Å². The molecule has 2 bridgehead atoms. The van der Waals surface area contributed by atoms with Gasteiger partial charge in [-0.15, -0.1) is 0 Å². The molecule has 2 heterocycles. The fourth-order valence-electron chi connectivity index (χ4n) is 6.74. The smallest absolute Gasteiger partial charge is 0.408 e. The van der Waals surface area contributed by atoms with Crippen molar-refractivity contribution in [3.8, 4) is 22.8 Å². The molecule has 2 aliphatic carbocycles. The van der Waals surface area contributed by atoms with Crippen molar-refractivity contribution >= 4 is 58.2 Å². The molecule has 4 atom stereocenters. The average Bonchev–Trinajstić information content (AvgIpc) is 3.82. The standard InChI is InChI=1S/C35H44N4O8S2/c1-35(2,3)47-33(43)38-25(17-30(36)40)31(41)37-10-6-7-21-15-27(22-13-23(44-4)16-24(14-22)45-5)46-28(21)18-29-32(42)39(34(48)49-29)26-12-19-8-9-20(26)11-19/h13-16,18-20,25-26H,6-12,17H2,1-5H3,(H2,36,40)(H,37,41)(H,38,43)/b29-18-/t19?,20?,25-,26?/m0/s1. The highest BCUT2D eigenvalue weighted by molar-refractivity contribution is 8.26. The molecule has 3 unspecified atom stereocenters. The predicted molar refractivity (Wildman–Crippen MR) is 190 cm³/mol. The number of carbonyl (C=O) groups is 4. The fraction of sp³-hybridized carbons (Fsp3) is 0.514. The number of rotatable bonds is 13. The van der Waals surface area contributed by atoms with Crippen molar-refractivity contribution in [2.24, 2.45) is 17.6 Å². The molecule has 264 valence electrons. The van der Waals surface area contributed by atoms with Gasteiger partial charge in [-0.25, -0.2) is 4.79 Å². The second-order valence-electron chi connectivity index (χ2n) is 13.7. The van der Waals surface area contributed by atoms with Crippen LogP contribution >= 0.6 is 24.0 Å². The monoisotopic (exact) mass is 712 g/mol. The summed E-state index contributed by atoms with van der Waals surface area (Å²) in [6, 6.07) is 6.29. The highest BCUT2D eigenvalue weighted by Crippen LogP contribution is 2.49. The van der Waals surface area contributed by atoms with Gasteiger partial charge in [0.2, 0.25) is 11.8 Å². The molecule has 12 nitrogen and oxygen atoms in total. The number of aryl methyl sites for hydroxylation is 1. The zero-order valence-corrected chi connectivity index (χ0v) is 30.1. The third-order valence-electron chi connectivity index (χ3n) is 8.93. The lowest BCUT2D eigenvalue weighted by Crippen LogP contribution is -2.50. The summed E-state index contributed by atoms with van der Waals surface area (Å²) >= 11 is 7.00. The number of thiocarbonyl (C=S) groups is 1. The minimum Gasteiger partial charge on any atom is -0.497 e. The van der Waals surface area contributed by atoms with Gasteiger partial charge in [0.1, 0.15) is 39.0 Å². The van der Waals surface area contributed by atoms with Gasteiger partial charge in [0.15, 0.2) is 0 Å². The van der Waals surface area contributed by atoms with Crippen molar-refractivity contribution in [1.29, 1.82) is 0 Å². The van der Waals surface area contributed by atoms with Crippen molar-refractivity contribution in [3.63, 3.8) is 0 Å². The molecule has 5 rings (SSSR count). The van der Waals surface area contributed by atoms with Crippen LogP contribution in [0.1, 0.15) is 70.6 Å². The highest BCUT2D eigenvalue weighted by Gasteiger charge is 2.48. The Bertz CT molecular complexity index is 1630. The van der Waals surface area contributed by atoms with E-state index in [0.29, 0.717) is 56.9 Å². The van der Waals surface area contributed by atoms with Gasteiger partial charge in [-0.2, -0.15) is 0 Å². The third kappa shape index (κ3) is 8.96. The van der Waals surface area contributed by atoms with Gasteiger partial charge in [-0.05, 0) is 88.5 Å². The molecule has 1 aromatic heterocycles. The van der Waals surface area contributed by atoms with Crippen LogP contribution in [0.5, 0.6) is 11.5 Å². The number of primary amides is 1. The molecule has 3 fully saturated rings. The van der Waals surface area contributed by atoms with Gasteiger partial charge in [0.05, 0.1) is 25.5 Å². The van der Waals surface area contributed by atoms with Gasteiger partial charge in [-0.3, -0.25) is 19.3 Å². The lowest BCUT2D eigenvalue weighted by molar-refractivity contribution is -0.127. The van der Waals surface area contributed by atoms with E-state index in [4.69, 9.17) is 36.6 Å². The van der Waals surface area contributed by atoms with Crippen LogP contribution in [0.2, 0.25) is 0 Å². The Kier molecular flexibility index (Phi) is 11.3. The van der Waals surface area contributed by atoms with Crippen molar-refractivity contribution in [3.05, 3.63) is 40.5 Å². The summed E-state index contributed by atoms with van der Waals surface area (Å²) in [7, 11) is 3.14. The minimum absolute atomic E-state index is 0.0928. The first-order valence-electron chi connectivity index (χ1n) is 16.4. The molecule has 2 saturated carbocycles. The molecule has 14 heteroatoms. The maximum atomic E-state index is 13.7. The summed E-state index contributed by atoms with van der Waals surface area (Å²) in [6.07, 6.45) is 6.02. The van der Waals surface area contributed by atoms with Crippen LogP contribution in [0.4, 0.5) is 4.79 Å². The Balaban J connectivity index is 1.33. The Morgan fingerprint density at radius 3 is 2.43 bits per heavy atom. The number of thioether (sulfide) groups is 1. The van der Waals surface area contributed by atoms with E-state index >= 15 is 0 Å². The Hall–Kier alpha value is -4.04. The second kappa shape index (κ2) is 15.2. The molecular weight excluding hydrogens is 669 g/mol. The van der Waals surface area contributed by atoms with Crippen molar-refractivity contribution in [1.82, 2.24) is 15.5 Å². The lowest BCUT2D eigenvalue weighted by atomic mass is 9.94. The van der Waals surface area contributed by atoms with E-state index in [1.807, 2.05) is 23.1 Å². The van der Waals surface area contributed by atoms with Crippen molar-refractivity contribution < 1.29 is 37.8 Å². The van der Waals surface area contributed by atoms with Gasteiger partial charge in [-0.1, -0.05) is 30.4 Å². The van der Waals surface area contributed by atoms with E-state index in [-0.39, 0.29) is 24.9 Å². The number of alkyl carbamates (subject to hydrolysis) is 1. The molecule has 1 aliphatic heterocycles. The summed E-state index contributed by atoms with van der Waals surface area (Å²) in [5, 5.41) is 5.20. The van der Waals surface area contributed by atoms with Crippen molar-refractivity contribution in [2.45, 2.75) is 83.4 Å². The molecule has 0 radical (unpaired) electrons. The van der Waals surface area contributed by atoms with Crippen molar-refractivity contribution in [2.75, 3.05) is 20.8 Å². The van der Waals surface area contributed by atoms with Crippen LogP contribution in [0.25, 0.3) is 17.4 Å². The third-order valence-corrected chi connectivity index (χ3v) is 10.3. The minimum atomic E-state index is -1.19. The van der Waals surface area contributed by atoms with Crippen LogP contribution < -0.4 is 25.8 Å². The van der Waals surface area contributed by atoms with Gasteiger partial charge in [0.25, 0.3) is 5.91 Å². The molecule has 3 aliphatic rings. The first kappa shape index (κ1) is 36.2. The fourth-order valence-corrected chi connectivity index (χ4v) is 8.08. The van der Waals surface area contributed by atoms with Crippen LogP contribution in [0.3, 0.4) is 0 Å². The van der Waals surface area contributed by atoms with Gasteiger partial charge >= 0.3 is 6.09 Å². The maximum absolute atomic E-state index is 13.7. The normalized spacial score (nSPS) is 21.6. The summed E-state index contributed by atoms with van der Waals surface area (Å²) in [4.78, 5) is 52.9. The Labute approximate surface area is 295 Å². The maximum Gasteiger partial charge on any atom is 0.408 e. The summed E-state index contributed by atoms with van der Waals surface area (Å²) in [5.74, 6) is 2.01. The number of nitrogens with zero attached hydrogens (tertiary/aromatic N) is 1. The van der Waals surface area contributed by atoms with Gasteiger partial charge < -0.3 is 35.0 Å². The number of amides is 4. The van der Waals surface area contributed by atoms with E-state index in [1.54, 1.807) is 47.1 Å². The average molecular weight is 713 g/mol. The second-order valence-corrected chi connectivity index (χ2v) is 15.3. The molecule has 0 spiro atoms.